The smallest absolute Gasteiger partial charge is 0.337 e. The van der Waals surface area contributed by atoms with Crippen molar-refractivity contribution < 1.29 is 19.1 Å². The number of nitrogens with zero attached hydrogens (tertiary/aromatic N) is 1. The third kappa shape index (κ3) is 4.34. The Morgan fingerprint density at radius 1 is 1.17 bits per heavy atom. The van der Waals surface area contributed by atoms with Crippen LogP contribution in [-0.4, -0.2) is 25.1 Å². The summed E-state index contributed by atoms with van der Waals surface area (Å²) in [6.07, 6.45) is -0.750. The van der Waals surface area contributed by atoms with Crippen molar-refractivity contribution in [1.29, 1.82) is 5.26 Å². The standard InChI is InChI=1S/C18H16N2O4/c1-12(17(21)20-15-5-3-4-13(10-15)11-19)24-16-8-6-14(7-9-16)18(22)23-2/h3-10,12H,1-2H3,(H,20,21). The second-order valence-electron chi connectivity index (χ2n) is 4.96. The summed E-state index contributed by atoms with van der Waals surface area (Å²) in [7, 11) is 1.31. The maximum absolute atomic E-state index is 12.1. The van der Waals surface area contributed by atoms with Crippen LogP contribution < -0.4 is 10.1 Å². The second kappa shape index (κ2) is 7.79. The minimum atomic E-state index is -0.750. The molecule has 6 nitrogen and oxygen atoms in total. The zero-order valence-electron chi connectivity index (χ0n) is 13.3. The van der Waals surface area contributed by atoms with E-state index < -0.39 is 12.1 Å². The third-order valence-corrected chi connectivity index (χ3v) is 3.22. The van der Waals surface area contributed by atoms with Crippen LogP contribution in [0.4, 0.5) is 5.69 Å². The van der Waals surface area contributed by atoms with Crippen LogP contribution in [0, 0.1) is 11.3 Å². The van der Waals surface area contributed by atoms with Crippen molar-refractivity contribution in [3.63, 3.8) is 0 Å². The van der Waals surface area contributed by atoms with Gasteiger partial charge in [0.2, 0.25) is 0 Å². The van der Waals surface area contributed by atoms with Crippen LogP contribution in [0.1, 0.15) is 22.8 Å². The lowest BCUT2D eigenvalue weighted by molar-refractivity contribution is -0.122. The molecule has 0 aliphatic carbocycles. The van der Waals surface area contributed by atoms with Crippen molar-refractivity contribution in [3.8, 4) is 11.8 Å². The largest absolute Gasteiger partial charge is 0.481 e. The van der Waals surface area contributed by atoms with Gasteiger partial charge in [0.1, 0.15) is 5.75 Å². The van der Waals surface area contributed by atoms with Crippen LogP contribution in [0.2, 0.25) is 0 Å². The summed E-state index contributed by atoms with van der Waals surface area (Å²) in [5, 5.41) is 11.5. The molecule has 2 aromatic rings. The van der Waals surface area contributed by atoms with Crippen molar-refractivity contribution in [2.24, 2.45) is 0 Å². The molecule has 0 bridgehead atoms. The number of hydrogen-bond donors (Lipinski definition) is 1. The highest BCUT2D eigenvalue weighted by Gasteiger charge is 2.15. The topological polar surface area (TPSA) is 88.4 Å². The van der Waals surface area contributed by atoms with Crippen molar-refractivity contribution >= 4 is 17.6 Å². The summed E-state index contributed by atoms with van der Waals surface area (Å²) in [4.78, 5) is 23.5. The van der Waals surface area contributed by atoms with E-state index in [9.17, 15) is 9.59 Å². The molecule has 2 aromatic carbocycles. The lowest BCUT2D eigenvalue weighted by Gasteiger charge is -2.15. The molecule has 0 aliphatic rings. The van der Waals surface area contributed by atoms with Crippen LogP contribution in [0.5, 0.6) is 5.75 Å². The van der Waals surface area contributed by atoms with Gasteiger partial charge in [0.05, 0.1) is 24.3 Å². The highest BCUT2D eigenvalue weighted by atomic mass is 16.5. The number of ether oxygens (including phenoxy) is 2. The Kier molecular flexibility index (Phi) is 5.53. The highest BCUT2D eigenvalue weighted by molar-refractivity contribution is 5.94. The molecule has 0 aliphatic heterocycles. The Labute approximate surface area is 139 Å². The fraction of sp³-hybridized carbons (Fsp3) is 0.167. The van der Waals surface area contributed by atoms with E-state index >= 15 is 0 Å². The van der Waals surface area contributed by atoms with Gasteiger partial charge in [-0.2, -0.15) is 5.26 Å². The van der Waals surface area contributed by atoms with E-state index in [4.69, 9.17) is 10.00 Å². The molecule has 0 aromatic heterocycles. The van der Waals surface area contributed by atoms with Gasteiger partial charge in [-0.15, -0.1) is 0 Å². The van der Waals surface area contributed by atoms with Gasteiger partial charge >= 0.3 is 5.97 Å². The van der Waals surface area contributed by atoms with Crippen molar-refractivity contribution in [2.75, 3.05) is 12.4 Å². The first kappa shape index (κ1) is 17.0. The molecule has 1 amide bonds. The summed E-state index contributed by atoms with van der Waals surface area (Å²) in [6.45, 7) is 1.61. The van der Waals surface area contributed by atoms with E-state index in [0.717, 1.165) is 0 Å². The van der Waals surface area contributed by atoms with E-state index in [1.54, 1.807) is 55.5 Å². The molecule has 0 saturated carbocycles. The summed E-state index contributed by atoms with van der Waals surface area (Å²) in [5.74, 6) is -0.331. The van der Waals surface area contributed by atoms with E-state index in [0.29, 0.717) is 22.6 Å². The zero-order valence-corrected chi connectivity index (χ0v) is 13.3. The molecule has 0 saturated heterocycles. The van der Waals surface area contributed by atoms with Crippen LogP contribution in [-0.2, 0) is 9.53 Å². The van der Waals surface area contributed by atoms with Gasteiger partial charge < -0.3 is 14.8 Å². The fourth-order valence-electron chi connectivity index (χ4n) is 1.96. The van der Waals surface area contributed by atoms with E-state index in [2.05, 4.69) is 10.1 Å². The average molecular weight is 324 g/mol. The van der Waals surface area contributed by atoms with Crippen LogP contribution >= 0.6 is 0 Å². The van der Waals surface area contributed by atoms with Crippen LogP contribution in [0.3, 0.4) is 0 Å². The summed E-state index contributed by atoms with van der Waals surface area (Å²) >= 11 is 0. The number of esters is 1. The molecule has 0 fully saturated rings. The molecule has 1 unspecified atom stereocenters. The number of carbonyl (C=O) groups is 2. The highest BCUT2D eigenvalue weighted by Crippen LogP contribution is 2.16. The summed E-state index contributed by atoms with van der Waals surface area (Å²) < 4.78 is 10.2. The number of anilines is 1. The fourth-order valence-corrected chi connectivity index (χ4v) is 1.96. The number of nitrogens with one attached hydrogen (secondary N) is 1. The number of amides is 1. The van der Waals surface area contributed by atoms with E-state index in [1.807, 2.05) is 6.07 Å². The van der Waals surface area contributed by atoms with Gasteiger partial charge in [-0.25, -0.2) is 4.79 Å². The van der Waals surface area contributed by atoms with Gasteiger partial charge in [-0.05, 0) is 49.4 Å². The van der Waals surface area contributed by atoms with Crippen LogP contribution in [0.25, 0.3) is 0 Å². The molecular formula is C18H16N2O4. The molecule has 0 radical (unpaired) electrons. The van der Waals surface area contributed by atoms with E-state index in [-0.39, 0.29) is 5.91 Å². The molecule has 2 rings (SSSR count). The monoisotopic (exact) mass is 324 g/mol. The number of benzene rings is 2. The molecule has 1 N–H and O–H groups in total. The Bertz CT molecular complexity index is 778. The minimum absolute atomic E-state index is 0.345. The first-order valence-corrected chi connectivity index (χ1v) is 7.19. The van der Waals surface area contributed by atoms with Gasteiger partial charge in [0, 0.05) is 5.69 Å². The van der Waals surface area contributed by atoms with Crippen LogP contribution in [0.15, 0.2) is 48.5 Å². The Morgan fingerprint density at radius 3 is 2.50 bits per heavy atom. The normalized spacial score (nSPS) is 11.0. The van der Waals surface area contributed by atoms with Gasteiger partial charge in [-0.1, -0.05) is 6.07 Å². The lowest BCUT2D eigenvalue weighted by Crippen LogP contribution is -2.30. The number of nitriles is 1. The number of rotatable bonds is 5. The SMILES string of the molecule is COC(=O)c1ccc(OC(C)C(=O)Nc2cccc(C#N)c2)cc1. The Morgan fingerprint density at radius 2 is 1.88 bits per heavy atom. The Balaban J connectivity index is 1.98. The van der Waals surface area contributed by atoms with Crippen molar-refractivity contribution in [1.82, 2.24) is 0 Å². The molecular weight excluding hydrogens is 308 g/mol. The first-order chi connectivity index (χ1) is 11.5. The molecule has 1 atom stereocenters. The molecule has 0 spiro atoms. The maximum atomic E-state index is 12.1. The lowest BCUT2D eigenvalue weighted by atomic mass is 10.2. The number of carbonyl (C=O) groups excluding carboxylic acids is 2. The summed E-state index contributed by atoms with van der Waals surface area (Å²) in [6, 6.07) is 14.9. The Hall–Kier alpha value is -3.33. The van der Waals surface area contributed by atoms with Crippen molar-refractivity contribution in [2.45, 2.75) is 13.0 Å². The molecule has 24 heavy (non-hydrogen) atoms. The summed E-state index contributed by atoms with van der Waals surface area (Å²) in [5.41, 5.74) is 1.38. The third-order valence-electron chi connectivity index (χ3n) is 3.22. The van der Waals surface area contributed by atoms with E-state index in [1.165, 1.54) is 7.11 Å². The average Bonchev–Trinajstić information content (AvgIpc) is 2.61. The second-order valence-corrected chi connectivity index (χ2v) is 4.96. The quantitative estimate of drug-likeness (QED) is 0.854. The zero-order chi connectivity index (χ0) is 17.5. The predicted molar refractivity (Wildman–Crippen MR) is 87.7 cm³/mol. The van der Waals surface area contributed by atoms with Gasteiger partial charge in [-0.3, -0.25) is 4.79 Å². The number of methoxy groups -OCH3 is 1. The van der Waals surface area contributed by atoms with Gasteiger partial charge in [0.15, 0.2) is 6.10 Å². The molecule has 0 heterocycles. The minimum Gasteiger partial charge on any atom is -0.481 e. The number of hydrogen-bond acceptors (Lipinski definition) is 5. The molecule has 122 valence electrons. The first-order valence-electron chi connectivity index (χ1n) is 7.19. The molecule has 6 heteroatoms. The maximum Gasteiger partial charge on any atom is 0.337 e. The predicted octanol–water partition coefficient (Wildman–Crippen LogP) is 2.75. The van der Waals surface area contributed by atoms with Crippen molar-refractivity contribution in [3.05, 3.63) is 59.7 Å². The van der Waals surface area contributed by atoms with Gasteiger partial charge in [0.25, 0.3) is 5.91 Å².